The van der Waals surface area contributed by atoms with E-state index in [4.69, 9.17) is 0 Å². The van der Waals surface area contributed by atoms with Crippen LogP contribution < -0.4 is 5.01 Å². The first-order chi connectivity index (χ1) is 9.75. The maximum Gasteiger partial charge on any atom is 0.269 e. The number of hydrogen-bond acceptors (Lipinski definition) is 5. The summed E-state index contributed by atoms with van der Waals surface area (Å²) in [7, 11) is 0. The van der Waals surface area contributed by atoms with Crippen molar-refractivity contribution in [2.75, 3.05) is 11.6 Å². The van der Waals surface area contributed by atoms with Crippen molar-refractivity contribution in [3.8, 4) is 0 Å². The van der Waals surface area contributed by atoms with Gasteiger partial charge in [-0.1, -0.05) is 23.4 Å². The van der Waals surface area contributed by atoms with Crippen molar-refractivity contribution in [2.45, 2.75) is 6.04 Å². The third kappa shape index (κ3) is 2.23. The summed E-state index contributed by atoms with van der Waals surface area (Å²) in [5, 5.41) is 20.7. The first kappa shape index (κ1) is 12.3. The van der Waals surface area contributed by atoms with Crippen LogP contribution in [0.4, 0.5) is 11.4 Å². The molecule has 0 aliphatic carbocycles. The van der Waals surface area contributed by atoms with Crippen LogP contribution in [0.2, 0.25) is 0 Å². The Morgan fingerprint density at radius 1 is 1.10 bits per heavy atom. The Kier molecular flexibility index (Phi) is 3.12. The van der Waals surface area contributed by atoms with Crippen molar-refractivity contribution in [3.63, 3.8) is 0 Å². The fraction of sp³-hybridized carbons (Fsp3) is 0.143. The number of para-hydroxylation sites is 1. The summed E-state index contributed by atoms with van der Waals surface area (Å²) in [6, 6.07) is 16.3. The van der Waals surface area contributed by atoms with Crippen molar-refractivity contribution in [1.82, 2.24) is 0 Å². The SMILES string of the molecule is O=[N+]([O-])c1ccc([C@@H]2CN=NN2c2ccccc2)cc1. The minimum absolute atomic E-state index is 0.0156. The number of anilines is 1. The highest BCUT2D eigenvalue weighted by Crippen LogP contribution is 2.32. The lowest BCUT2D eigenvalue weighted by Crippen LogP contribution is -2.20. The largest absolute Gasteiger partial charge is 0.269 e. The number of rotatable bonds is 3. The van der Waals surface area contributed by atoms with Gasteiger partial charge in [0, 0.05) is 12.1 Å². The van der Waals surface area contributed by atoms with Gasteiger partial charge >= 0.3 is 0 Å². The molecule has 0 spiro atoms. The van der Waals surface area contributed by atoms with Crippen molar-refractivity contribution >= 4 is 11.4 Å². The summed E-state index contributed by atoms with van der Waals surface area (Å²) in [5.41, 5.74) is 2.01. The summed E-state index contributed by atoms with van der Waals surface area (Å²) in [6.45, 7) is 0.548. The molecule has 6 heteroatoms. The number of nitro benzene ring substituents is 1. The summed E-state index contributed by atoms with van der Waals surface area (Å²) in [4.78, 5) is 10.3. The zero-order chi connectivity index (χ0) is 13.9. The Morgan fingerprint density at radius 2 is 1.80 bits per heavy atom. The fourth-order valence-corrected chi connectivity index (χ4v) is 2.20. The van der Waals surface area contributed by atoms with Gasteiger partial charge in [-0.25, -0.2) is 5.01 Å². The molecular weight excluding hydrogens is 256 g/mol. The zero-order valence-corrected chi connectivity index (χ0v) is 10.6. The molecule has 6 nitrogen and oxygen atoms in total. The van der Waals surface area contributed by atoms with E-state index in [0.29, 0.717) is 6.54 Å². The first-order valence-electron chi connectivity index (χ1n) is 6.22. The maximum atomic E-state index is 10.7. The molecule has 0 amide bonds. The summed E-state index contributed by atoms with van der Waals surface area (Å²) in [6.07, 6.45) is 0. The van der Waals surface area contributed by atoms with Crippen molar-refractivity contribution < 1.29 is 4.92 Å². The molecule has 0 saturated heterocycles. The second kappa shape index (κ2) is 5.08. The predicted molar refractivity (Wildman–Crippen MR) is 74.5 cm³/mol. The molecule has 20 heavy (non-hydrogen) atoms. The van der Waals surface area contributed by atoms with E-state index in [2.05, 4.69) is 10.3 Å². The van der Waals surface area contributed by atoms with Crippen LogP contribution in [0.15, 0.2) is 64.9 Å². The molecule has 3 rings (SSSR count). The molecule has 2 aromatic carbocycles. The number of nitro groups is 1. The topological polar surface area (TPSA) is 71.1 Å². The molecule has 0 N–H and O–H groups in total. The molecule has 2 aromatic rings. The monoisotopic (exact) mass is 268 g/mol. The van der Waals surface area contributed by atoms with Crippen LogP contribution in [0.1, 0.15) is 11.6 Å². The number of benzene rings is 2. The molecule has 0 radical (unpaired) electrons. The van der Waals surface area contributed by atoms with Crippen LogP contribution in [0.5, 0.6) is 0 Å². The third-order valence-corrected chi connectivity index (χ3v) is 3.22. The van der Waals surface area contributed by atoms with Gasteiger partial charge in [0.2, 0.25) is 0 Å². The Balaban J connectivity index is 1.88. The Hall–Kier alpha value is -2.76. The van der Waals surface area contributed by atoms with Crippen LogP contribution >= 0.6 is 0 Å². The Morgan fingerprint density at radius 3 is 2.45 bits per heavy atom. The number of nitrogens with zero attached hydrogens (tertiary/aromatic N) is 4. The molecule has 0 fully saturated rings. The van der Waals surface area contributed by atoms with Crippen molar-refractivity contribution in [3.05, 3.63) is 70.3 Å². The van der Waals surface area contributed by atoms with E-state index in [1.165, 1.54) is 12.1 Å². The van der Waals surface area contributed by atoms with Gasteiger partial charge in [-0.05, 0) is 29.8 Å². The molecule has 1 atom stereocenters. The van der Waals surface area contributed by atoms with Gasteiger partial charge < -0.3 is 0 Å². The van der Waals surface area contributed by atoms with Gasteiger partial charge in [0.1, 0.15) is 6.04 Å². The van der Waals surface area contributed by atoms with E-state index in [0.717, 1.165) is 11.3 Å². The summed E-state index contributed by atoms with van der Waals surface area (Å²) < 4.78 is 0. The fourth-order valence-electron chi connectivity index (χ4n) is 2.20. The average molecular weight is 268 g/mol. The van der Waals surface area contributed by atoms with Crippen molar-refractivity contribution in [2.24, 2.45) is 10.3 Å². The Bertz CT molecular complexity index is 640. The average Bonchev–Trinajstić information content (AvgIpc) is 2.97. The van der Waals surface area contributed by atoms with Gasteiger partial charge in [0.15, 0.2) is 0 Å². The van der Waals surface area contributed by atoms with Gasteiger partial charge in [-0.15, -0.1) is 0 Å². The van der Waals surface area contributed by atoms with E-state index < -0.39 is 4.92 Å². The molecule has 1 aliphatic rings. The highest BCUT2D eigenvalue weighted by atomic mass is 16.6. The third-order valence-electron chi connectivity index (χ3n) is 3.22. The zero-order valence-electron chi connectivity index (χ0n) is 10.6. The van der Waals surface area contributed by atoms with Crippen LogP contribution in [0.3, 0.4) is 0 Å². The lowest BCUT2D eigenvalue weighted by Gasteiger charge is -2.21. The minimum atomic E-state index is -0.401. The summed E-state index contributed by atoms with van der Waals surface area (Å²) >= 11 is 0. The lowest BCUT2D eigenvalue weighted by molar-refractivity contribution is -0.384. The standard InChI is InChI=1S/C14H12N4O2/c19-18(20)13-8-6-11(7-9-13)14-10-15-16-17(14)12-4-2-1-3-5-12/h1-9,14H,10H2/t14-/m0/s1. The number of non-ortho nitro benzene ring substituents is 1. The molecule has 0 aromatic heterocycles. The van der Waals surface area contributed by atoms with E-state index in [1.807, 2.05) is 35.3 Å². The molecule has 0 unspecified atom stereocenters. The van der Waals surface area contributed by atoms with E-state index in [1.54, 1.807) is 12.1 Å². The smallest absolute Gasteiger partial charge is 0.258 e. The second-order valence-corrected chi connectivity index (χ2v) is 4.46. The molecule has 0 bridgehead atoms. The maximum absolute atomic E-state index is 10.7. The van der Waals surface area contributed by atoms with Crippen LogP contribution in [-0.2, 0) is 0 Å². The molecule has 100 valence electrons. The van der Waals surface area contributed by atoms with E-state index >= 15 is 0 Å². The second-order valence-electron chi connectivity index (χ2n) is 4.46. The van der Waals surface area contributed by atoms with E-state index in [-0.39, 0.29) is 11.7 Å². The van der Waals surface area contributed by atoms with Gasteiger partial charge in [-0.2, -0.15) is 5.11 Å². The molecule has 1 heterocycles. The van der Waals surface area contributed by atoms with Gasteiger partial charge in [-0.3, -0.25) is 10.1 Å². The van der Waals surface area contributed by atoms with Crippen LogP contribution in [0, 0.1) is 10.1 Å². The first-order valence-corrected chi connectivity index (χ1v) is 6.22. The summed E-state index contributed by atoms with van der Waals surface area (Å²) in [5.74, 6) is 0. The number of hydrogen-bond donors (Lipinski definition) is 0. The van der Waals surface area contributed by atoms with E-state index in [9.17, 15) is 10.1 Å². The quantitative estimate of drug-likeness (QED) is 0.631. The molecule has 0 saturated carbocycles. The van der Waals surface area contributed by atoms with Crippen LogP contribution in [0.25, 0.3) is 0 Å². The Labute approximate surface area is 115 Å². The predicted octanol–water partition coefficient (Wildman–Crippen LogP) is 3.52. The lowest BCUT2D eigenvalue weighted by atomic mass is 10.1. The van der Waals surface area contributed by atoms with Crippen LogP contribution in [-0.4, -0.2) is 11.5 Å². The molecular formula is C14H12N4O2. The minimum Gasteiger partial charge on any atom is -0.258 e. The van der Waals surface area contributed by atoms with Gasteiger partial charge in [0.05, 0.1) is 17.2 Å². The van der Waals surface area contributed by atoms with Crippen molar-refractivity contribution in [1.29, 1.82) is 0 Å². The normalized spacial score (nSPS) is 17.4. The molecule has 1 aliphatic heterocycles. The van der Waals surface area contributed by atoms with Gasteiger partial charge in [0.25, 0.3) is 5.69 Å². The highest BCUT2D eigenvalue weighted by Gasteiger charge is 2.25. The highest BCUT2D eigenvalue weighted by molar-refractivity contribution is 5.49.